The van der Waals surface area contributed by atoms with Crippen LogP contribution in [0.25, 0.3) is 0 Å². The second kappa shape index (κ2) is 4.02. The van der Waals surface area contributed by atoms with E-state index in [-0.39, 0.29) is 0 Å². The Bertz CT molecular complexity index is 396. The summed E-state index contributed by atoms with van der Waals surface area (Å²) < 4.78 is 5.23. The molecule has 0 spiro atoms. The first kappa shape index (κ1) is 11.1. The Morgan fingerprint density at radius 2 is 2.00 bits per heavy atom. The molecule has 2 nitrogen and oxygen atoms in total. The van der Waals surface area contributed by atoms with Gasteiger partial charge in [-0.05, 0) is 55.3 Å². The molecular weight excluding hydrogens is 210 g/mol. The van der Waals surface area contributed by atoms with Crippen LogP contribution in [0.4, 0.5) is 0 Å². The van der Waals surface area contributed by atoms with E-state index in [1.54, 1.807) is 7.11 Å². The summed E-state index contributed by atoms with van der Waals surface area (Å²) in [6, 6.07) is 8.66. The molecule has 2 atom stereocenters. The topological polar surface area (TPSA) is 35.2 Å². The number of benzene rings is 1. The highest BCUT2D eigenvalue weighted by Crippen LogP contribution is 2.63. The monoisotopic (exact) mass is 231 g/mol. The fourth-order valence-electron chi connectivity index (χ4n) is 3.56. The maximum atomic E-state index is 5.89. The molecule has 2 heteroatoms. The molecule has 0 amide bonds. The van der Waals surface area contributed by atoms with Crippen LogP contribution in [-0.2, 0) is 5.41 Å². The molecule has 2 fully saturated rings. The zero-order valence-corrected chi connectivity index (χ0v) is 10.5. The molecule has 1 aromatic rings. The Morgan fingerprint density at radius 3 is 2.41 bits per heavy atom. The summed E-state index contributed by atoms with van der Waals surface area (Å²) >= 11 is 0. The molecule has 1 aromatic carbocycles. The summed E-state index contributed by atoms with van der Waals surface area (Å²) in [6.07, 6.45) is 5.48. The van der Waals surface area contributed by atoms with Gasteiger partial charge in [-0.25, -0.2) is 0 Å². The minimum absolute atomic E-state index is 0.416. The molecule has 0 bridgehead atoms. The van der Waals surface area contributed by atoms with Crippen molar-refractivity contribution in [1.29, 1.82) is 0 Å². The molecule has 2 N–H and O–H groups in total. The molecule has 0 saturated heterocycles. The van der Waals surface area contributed by atoms with Gasteiger partial charge in [0.05, 0.1) is 7.11 Å². The van der Waals surface area contributed by atoms with E-state index in [1.165, 1.54) is 31.2 Å². The van der Waals surface area contributed by atoms with Crippen molar-refractivity contribution in [2.45, 2.75) is 31.1 Å². The van der Waals surface area contributed by atoms with Crippen LogP contribution in [0.5, 0.6) is 5.75 Å². The number of methoxy groups -OCH3 is 1. The molecule has 1 unspecified atom stereocenters. The zero-order chi connectivity index (χ0) is 11.9. The highest BCUT2D eigenvalue weighted by atomic mass is 16.5. The van der Waals surface area contributed by atoms with Gasteiger partial charge in [-0.1, -0.05) is 18.6 Å². The molecule has 17 heavy (non-hydrogen) atoms. The normalized spacial score (nSPS) is 32.0. The average molecular weight is 231 g/mol. The lowest BCUT2D eigenvalue weighted by Gasteiger charge is -2.36. The Balaban J connectivity index is 1.88. The number of hydrogen-bond acceptors (Lipinski definition) is 2. The van der Waals surface area contributed by atoms with E-state index in [2.05, 4.69) is 24.3 Å². The fraction of sp³-hybridized carbons (Fsp3) is 0.600. The van der Waals surface area contributed by atoms with Crippen molar-refractivity contribution < 1.29 is 4.74 Å². The van der Waals surface area contributed by atoms with Crippen LogP contribution in [0.2, 0.25) is 0 Å². The summed E-state index contributed by atoms with van der Waals surface area (Å²) in [4.78, 5) is 0. The molecule has 3 rings (SSSR count). The fourth-order valence-corrected chi connectivity index (χ4v) is 3.56. The van der Waals surface area contributed by atoms with Gasteiger partial charge in [0.25, 0.3) is 0 Å². The predicted molar refractivity (Wildman–Crippen MR) is 69.2 cm³/mol. The Kier molecular flexibility index (Phi) is 2.62. The van der Waals surface area contributed by atoms with Crippen LogP contribution in [-0.4, -0.2) is 13.7 Å². The van der Waals surface area contributed by atoms with Crippen molar-refractivity contribution in [3.8, 4) is 5.75 Å². The maximum Gasteiger partial charge on any atom is 0.118 e. The minimum Gasteiger partial charge on any atom is -0.497 e. The van der Waals surface area contributed by atoms with Gasteiger partial charge in [0.15, 0.2) is 0 Å². The lowest BCUT2D eigenvalue weighted by Crippen LogP contribution is -2.30. The third kappa shape index (κ3) is 1.58. The number of rotatable bonds is 4. The smallest absolute Gasteiger partial charge is 0.118 e. The second-order valence-electron chi connectivity index (χ2n) is 5.53. The Morgan fingerprint density at radius 1 is 1.29 bits per heavy atom. The molecule has 0 aromatic heterocycles. The van der Waals surface area contributed by atoms with Gasteiger partial charge in [-0.3, -0.25) is 0 Å². The van der Waals surface area contributed by atoms with Crippen molar-refractivity contribution in [2.75, 3.05) is 13.7 Å². The lowest BCUT2D eigenvalue weighted by molar-refractivity contribution is 0.231. The van der Waals surface area contributed by atoms with E-state index in [0.29, 0.717) is 11.3 Å². The number of ether oxygens (including phenoxy) is 1. The first-order valence-corrected chi connectivity index (χ1v) is 6.66. The Labute approximate surface area is 103 Å². The van der Waals surface area contributed by atoms with E-state index in [4.69, 9.17) is 10.5 Å². The molecule has 92 valence electrons. The van der Waals surface area contributed by atoms with Crippen molar-refractivity contribution in [3.05, 3.63) is 29.8 Å². The van der Waals surface area contributed by atoms with Gasteiger partial charge < -0.3 is 10.5 Å². The quantitative estimate of drug-likeness (QED) is 0.864. The molecule has 2 aliphatic carbocycles. The average Bonchev–Trinajstić information content (AvgIpc) is 3.02. The van der Waals surface area contributed by atoms with E-state index < -0.39 is 0 Å². The predicted octanol–water partition coefficient (Wildman–Crippen LogP) is 2.71. The van der Waals surface area contributed by atoms with Crippen molar-refractivity contribution in [1.82, 2.24) is 0 Å². The lowest BCUT2D eigenvalue weighted by atomic mass is 9.69. The molecule has 0 radical (unpaired) electrons. The van der Waals surface area contributed by atoms with Gasteiger partial charge in [0.1, 0.15) is 5.75 Å². The zero-order valence-electron chi connectivity index (χ0n) is 10.5. The van der Waals surface area contributed by atoms with Gasteiger partial charge >= 0.3 is 0 Å². The molecule has 2 saturated carbocycles. The van der Waals surface area contributed by atoms with Crippen LogP contribution >= 0.6 is 0 Å². The molecular formula is C15H21NO. The van der Waals surface area contributed by atoms with E-state index in [0.717, 1.165) is 18.2 Å². The van der Waals surface area contributed by atoms with E-state index >= 15 is 0 Å². The van der Waals surface area contributed by atoms with Crippen LogP contribution < -0.4 is 10.5 Å². The SMILES string of the molecule is COc1ccc(C2(C3CCC3)C[C@H]2CN)cc1. The van der Waals surface area contributed by atoms with Gasteiger partial charge in [0.2, 0.25) is 0 Å². The molecule has 0 aliphatic heterocycles. The highest BCUT2D eigenvalue weighted by Gasteiger charge is 2.59. The van der Waals surface area contributed by atoms with Crippen molar-refractivity contribution >= 4 is 0 Å². The third-order valence-corrected chi connectivity index (χ3v) is 4.90. The summed E-state index contributed by atoms with van der Waals surface area (Å²) in [5.74, 6) is 2.54. The maximum absolute atomic E-state index is 5.89. The standard InChI is InChI=1S/C15H21NO/c1-17-14-7-5-12(6-8-14)15(9-13(15)10-16)11-3-2-4-11/h5-8,11,13H,2-4,9-10,16H2,1H3/t13-,15?/m0/s1. The minimum atomic E-state index is 0.416. The summed E-state index contributed by atoms with van der Waals surface area (Å²) in [5.41, 5.74) is 7.80. The first-order valence-electron chi connectivity index (χ1n) is 6.66. The van der Waals surface area contributed by atoms with Crippen molar-refractivity contribution in [2.24, 2.45) is 17.6 Å². The highest BCUT2D eigenvalue weighted by molar-refractivity contribution is 5.39. The summed E-state index contributed by atoms with van der Waals surface area (Å²) in [7, 11) is 1.72. The summed E-state index contributed by atoms with van der Waals surface area (Å²) in [6.45, 7) is 0.836. The van der Waals surface area contributed by atoms with Crippen LogP contribution in [0.3, 0.4) is 0 Å². The van der Waals surface area contributed by atoms with Gasteiger partial charge in [0, 0.05) is 5.41 Å². The van der Waals surface area contributed by atoms with E-state index in [1.807, 2.05) is 0 Å². The van der Waals surface area contributed by atoms with Gasteiger partial charge in [-0.2, -0.15) is 0 Å². The van der Waals surface area contributed by atoms with Crippen LogP contribution in [0.15, 0.2) is 24.3 Å². The number of hydrogen-bond donors (Lipinski definition) is 1. The Hall–Kier alpha value is -1.02. The van der Waals surface area contributed by atoms with Crippen LogP contribution in [0, 0.1) is 11.8 Å². The summed E-state index contributed by atoms with van der Waals surface area (Å²) in [5, 5.41) is 0. The van der Waals surface area contributed by atoms with E-state index in [9.17, 15) is 0 Å². The third-order valence-electron chi connectivity index (χ3n) is 4.90. The van der Waals surface area contributed by atoms with Gasteiger partial charge in [-0.15, -0.1) is 0 Å². The van der Waals surface area contributed by atoms with Crippen molar-refractivity contribution in [3.63, 3.8) is 0 Å². The largest absolute Gasteiger partial charge is 0.497 e. The number of nitrogens with two attached hydrogens (primary N) is 1. The first-order chi connectivity index (χ1) is 8.31. The second-order valence-corrected chi connectivity index (χ2v) is 5.53. The van der Waals surface area contributed by atoms with Crippen LogP contribution in [0.1, 0.15) is 31.2 Å². The molecule has 2 aliphatic rings. The molecule has 0 heterocycles.